The van der Waals surface area contributed by atoms with Crippen molar-refractivity contribution in [1.82, 2.24) is 4.98 Å². The van der Waals surface area contributed by atoms with Gasteiger partial charge in [0.2, 0.25) is 0 Å². The summed E-state index contributed by atoms with van der Waals surface area (Å²) in [5.41, 5.74) is 0.743. The van der Waals surface area contributed by atoms with Gasteiger partial charge in [0.15, 0.2) is 0 Å². The number of rotatable bonds is 0. The number of halogens is 1. The Bertz CT molecular complexity index is 611. The van der Waals surface area contributed by atoms with E-state index in [9.17, 15) is 9.59 Å². The molecule has 0 radical (unpaired) electrons. The number of nitrogens with one attached hydrogen (secondary N) is 1. The average Bonchev–Trinajstić information content (AvgIpc) is 2.07. The van der Waals surface area contributed by atoms with Crippen molar-refractivity contribution in [2.24, 2.45) is 0 Å². The van der Waals surface area contributed by atoms with Crippen molar-refractivity contribution >= 4 is 33.6 Å². The molecule has 14 heavy (non-hydrogen) atoms. The maximum Gasteiger partial charge on any atom is 0.419 e. The van der Waals surface area contributed by atoms with Gasteiger partial charge in [-0.25, -0.2) is 4.79 Å². The molecule has 0 bridgehead atoms. The molecule has 0 aliphatic carbocycles. The molecule has 0 aliphatic heterocycles. The zero-order valence-corrected chi connectivity index (χ0v) is 9.41. The van der Waals surface area contributed by atoms with Gasteiger partial charge in [0.05, 0.1) is 5.39 Å². The normalized spacial score (nSPS) is 10.7. The monoisotopic (exact) mass is 303 g/mol. The number of hydrogen-bond acceptors (Lipinski definition) is 3. The average molecular weight is 303 g/mol. The summed E-state index contributed by atoms with van der Waals surface area (Å²) < 4.78 is 5.85. The van der Waals surface area contributed by atoms with Gasteiger partial charge in [0, 0.05) is 3.57 Å². The molecule has 0 saturated heterocycles. The minimum Gasteiger partial charge on any atom is -0.409 e. The smallest absolute Gasteiger partial charge is 0.409 e. The molecule has 2 rings (SSSR count). The van der Waals surface area contributed by atoms with Crippen LogP contribution in [-0.2, 0) is 0 Å². The Labute approximate surface area is 92.1 Å². The van der Waals surface area contributed by atoms with Crippen LogP contribution in [-0.4, -0.2) is 4.98 Å². The van der Waals surface area contributed by atoms with Crippen LogP contribution in [0.1, 0.15) is 5.56 Å². The molecule has 0 saturated carbocycles. The summed E-state index contributed by atoms with van der Waals surface area (Å²) >= 11 is 2.11. The lowest BCUT2D eigenvalue weighted by Gasteiger charge is -1.99. The van der Waals surface area contributed by atoms with Crippen LogP contribution < -0.4 is 11.3 Å². The van der Waals surface area contributed by atoms with E-state index in [4.69, 9.17) is 4.42 Å². The van der Waals surface area contributed by atoms with E-state index in [0.717, 1.165) is 9.13 Å². The lowest BCUT2D eigenvalue weighted by Crippen LogP contribution is -2.18. The first-order valence-corrected chi connectivity index (χ1v) is 4.99. The molecular formula is C9H6INO3. The molecule has 1 aromatic carbocycles. The summed E-state index contributed by atoms with van der Waals surface area (Å²) in [6.07, 6.45) is 0. The van der Waals surface area contributed by atoms with Crippen LogP contribution in [0.15, 0.2) is 26.1 Å². The van der Waals surface area contributed by atoms with Gasteiger partial charge in [-0.05, 0) is 47.2 Å². The Morgan fingerprint density at radius 1 is 1.36 bits per heavy atom. The highest BCUT2D eigenvalue weighted by Crippen LogP contribution is 2.17. The molecule has 1 N–H and O–H groups in total. The Hall–Kier alpha value is -1.11. The SMILES string of the molecule is Cc1cc(I)cc2c(=O)[nH]c(=O)oc12. The van der Waals surface area contributed by atoms with Gasteiger partial charge in [-0.3, -0.25) is 9.78 Å². The van der Waals surface area contributed by atoms with Crippen molar-refractivity contribution in [3.05, 3.63) is 42.2 Å². The second-order valence-electron chi connectivity index (χ2n) is 2.94. The molecule has 1 aromatic heterocycles. The van der Waals surface area contributed by atoms with Crippen molar-refractivity contribution in [2.75, 3.05) is 0 Å². The minimum atomic E-state index is -0.716. The largest absolute Gasteiger partial charge is 0.419 e. The van der Waals surface area contributed by atoms with Crippen LogP contribution in [0, 0.1) is 10.5 Å². The van der Waals surface area contributed by atoms with Crippen LogP contribution in [0.3, 0.4) is 0 Å². The maximum absolute atomic E-state index is 11.4. The van der Waals surface area contributed by atoms with Crippen LogP contribution in [0.4, 0.5) is 0 Å². The number of aromatic amines is 1. The van der Waals surface area contributed by atoms with Gasteiger partial charge >= 0.3 is 5.76 Å². The molecule has 4 nitrogen and oxygen atoms in total. The van der Waals surface area contributed by atoms with Gasteiger partial charge in [0.1, 0.15) is 5.58 Å². The Morgan fingerprint density at radius 3 is 2.79 bits per heavy atom. The van der Waals surface area contributed by atoms with Gasteiger partial charge in [-0.15, -0.1) is 0 Å². The van der Waals surface area contributed by atoms with Crippen molar-refractivity contribution < 1.29 is 4.42 Å². The summed E-state index contributed by atoms with van der Waals surface area (Å²) in [4.78, 5) is 24.4. The van der Waals surface area contributed by atoms with E-state index in [1.807, 2.05) is 6.07 Å². The topological polar surface area (TPSA) is 63.1 Å². The first kappa shape index (κ1) is 9.45. The predicted molar refractivity (Wildman–Crippen MR) is 60.6 cm³/mol. The number of benzene rings is 1. The molecule has 0 aliphatic rings. The second-order valence-corrected chi connectivity index (χ2v) is 4.19. The molecular weight excluding hydrogens is 297 g/mol. The number of hydrogen-bond donors (Lipinski definition) is 1. The van der Waals surface area contributed by atoms with Crippen molar-refractivity contribution in [2.45, 2.75) is 6.92 Å². The Kier molecular flexibility index (Phi) is 2.18. The van der Waals surface area contributed by atoms with Crippen LogP contribution >= 0.6 is 22.6 Å². The fraction of sp³-hybridized carbons (Fsp3) is 0.111. The third-order valence-electron chi connectivity index (χ3n) is 1.89. The van der Waals surface area contributed by atoms with E-state index in [1.165, 1.54) is 0 Å². The second kappa shape index (κ2) is 3.23. The first-order chi connectivity index (χ1) is 6.58. The molecule has 0 unspecified atom stereocenters. The maximum atomic E-state index is 11.4. The molecule has 0 amide bonds. The van der Waals surface area contributed by atoms with E-state index in [1.54, 1.807) is 13.0 Å². The highest BCUT2D eigenvalue weighted by Gasteiger charge is 2.06. The molecule has 5 heteroatoms. The summed E-state index contributed by atoms with van der Waals surface area (Å²) in [6.45, 7) is 1.80. The first-order valence-electron chi connectivity index (χ1n) is 3.91. The zero-order chi connectivity index (χ0) is 10.3. The zero-order valence-electron chi connectivity index (χ0n) is 7.26. The molecule has 0 spiro atoms. The molecule has 0 fully saturated rings. The Morgan fingerprint density at radius 2 is 2.07 bits per heavy atom. The van der Waals surface area contributed by atoms with E-state index in [2.05, 4.69) is 27.6 Å². The van der Waals surface area contributed by atoms with E-state index >= 15 is 0 Å². The molecule has 2 aromatic rings. The standard InChI is InChI=1S/C9H6INO3/c1-4-2-5(10)3-6-7(4)14-9(13)11-8(6)12/h2-3H,1H3,(H,11,12,13). The highest BCUT2D eigenvalue weighted by atomic mass is 127. The number of fused-ring (bicyclic) bond motifs is 1. The van der Waals surface area contributed by atoms with E-state index in [-0.39, 0.29) is 0 Å². The minimum absolute atomic E-state index is 0.360. The van der Waals surface area contributed by atoms with Crippen LogP contribution in [0.5, 0.6) is 0 Å². The lowest BCUT2D eigenvalue weighted by atomic mass is 10.2. The molecule has 1 heterocycles. The lowest BCUT2D eigenvalue weighted by molar-refractivity contribution is 0.526. The number of aryl methyl sites for hydroxylation is 1. The van der Waals surface area contributed by atoms with Gasteiger partial charge in [-0.1, -0.05) is 0 Å². The van der Waals surface area contributed by atoms with Crippen molar-refractivity contribution in [1.29, 1.82) is 0 Å². The predicted octanol–water partition coefficient (Wildman–Crippen LogP) is 1.39. The number of aromatic nitrogens is 1. The summed E-state index contributed by atoms with van der Waals surface area (Å²) in [5, 5.41) is 0.411. The van der Waals surface area contributed by atoms with Crippen molar-refractivity contribution in [3.63, 3.8) is 0 Å². The third-order valence-corrected chi connectivity index (χ3v) is 2.52. The summed E-state index contributed by atoms with van der Waals surface area (Å²) in [7, 11) is 0. The molecule has 72 valence electrons. The summed E-state index contributed by atoms with van der Waals surface area (Å²) in [6, 6.07) is 3.54. The van der Waals surface area contributed by atoms with Gasteiger partial charge < -0.3 is 4.42 Å². The highest BCUT2D eigenvalue weighted by molar-refractivity contribution is 14.1. The number of H-pyrrole nitrogens is 1. The quantitative estimate of drug-likeness (QED) is 0.748. The van der Waals surface area contributed by atoms with Crippen molar-refractivity contribution in [3.8, 4) is 0 Å². The fourth-order valence-corrected chi connectivity index (χ4v) is 2.09. The van der Waals surface area contributed by atoms with Gasteiger partial charge in [0.25, 0.3) is 5.56 Å². The third kappa shape index (κ3) is 1.47. The van der Waals surface area contributed by atoms with Crippen LogP contribution in [0.25, 0.3) is 11.0 Å². The van der Waals surface area contributed by atoms with E-state index in [0.29, 0.717) is 11.0 Å². The van der Waals surface area contributed by atoms with E-state index < -0.39 is 11.3 Å². The summed E-state index contributed by atoms with van der Waals surface area (Å²) in [5.74, 6) is -0.716. The van der Waals surface area contributed by atoms with Crippen LogP contribution in [0.2, 0.25) is 0 Å². The van der Waals surface area contributed by atoms with Gasteiger partial charge in [-0.2, -0.15) is 0 Å². The fourth-order valence-electron chi connectivity index (χ4n) is 1.31. The molecule has 0 atom stereocenters. The Balaban J connectivity index is 3.10.